The van der Waals surface area contributed by atoms with Crippen LogP contribution in [0.3, 0.4) is 0 Å². The first-order valence-corrected chi connectivity index (χ1v) is 6.92. The Morgan fingerprint density at radius 2 is 2.12 bits per heavy atom. The molecule has 0 spiro atoms. The zero-order chi connectivity index (χ0) is 12.8. The average Bonchev–Trinajstić information content (AvgIpc) is 2.67. The maximum absolute atomic E-state index is 6.20. The molecule has 0 aliphatic carbocycles. The molecule has 0 amide bonds. The molecule has 0 saturated carbocycles. The quantitative estimate of drug-likeness (QED) is 0.811. The molecule has 3 nitrogen and oxygen atoms in total. The lowest BCUT2D eigenvalue weighted by molar-refractivity contribution is 0.460. The van der Waals surface area contributed by atoms with Gasteiger partial charge in [-0.15, -0.1) is 0 Å². The first kappa shape index (κ1) is 14.5. The van der Waals surface area contributed by atoms with Gasteiger partial charge in [-0.25, -0.2) is 0 Å². The number of aromatic nitrogens is 2. The lowest BCUT2D eigenvalue weighted by atomic mass is 9.99. The van der Waals surface area contributed by atoms with Gasteiger partial charge in [0.05, 0.1) is 16.9 Å². The van der Waals surface area contributed by atoms with E-state index in [1.165, 1.54) is 12.1 Å². The van der Waals surface area contributed by atoms with Crippen LogP contribution in [0.15, 0.2) is 6.20 Å². The van der Waals surface area contributed by atoms with E-state index in [0.717, 1.165) is 24.5 Å². The Morgan fingerprint density at radius 1 is 1.41 bits per heavy atom. The Morgan fingerprint density at radius 3 is 2.71 bits per heavy atom. The smallest absolute Gasteiger partial charge is 0.0820 e. The van der Waals surface area contributed by atoms with E-state index >= 15 is 0 Å². The number of hydrogen-bond donors (Lipinski definition) is 1. The van der Waals surface area contributed by atoms with Gasteiger partial charge < -0.3 is 5.32 Å². The Kier molecular flexibility index (Phi) is 6.00. The highest BCUT2D eigenvalue weighted by Gasteiger charge is 2.17. The molecule has 4 heteroatoms. The zero-order valence-electron chi connectivity index (χ0n) is 11.3. The molecule has 0 radical (unpaired) electrons. The maximum Gasteiger partial charge on any atom is 0.0820 e. The van der Waals surface area contributed by atoms with Crippen LogP contribution >= 0.6 is 11.6 Å². The summed E-state index contributed by atoms with van der Waals surface area (Å²) in [5.41, 5.74) is 1.17. The summed E-state index contributed by atoms with van der Waals surface area (Å²) in [6.45, 7) is 10.7. The summed E-state index contributed by atoms with van der Waals surface area (Å²) in [5.74, 6) is 0.435. The van der Waals surface area contributed by atoms with Crippen LogP contribution < -0.4 is 5.32 Å². The van der Waals surface area contributed by atoms with Crippen molar-refractivity contribution in [2.45, 2.75) is 59.0 Å². The summed E-state index contributed by atoms with van der Waals surface area (Å²) >= 11 is 6.20. The van der Waals surface area contributed by atoms with E-state index in [2.05, 4.69) is 38.1 Å². The number of nitrogens with zero attached hydrogens (tertiary/aromatic N) is 2. The number of nitrogens with one attached hydrogen (secondary N) is 1. The van der Waals surface area contributed by atoms with Crippen LogP contribution in [0.2, 0.25) is 5.02 Å². The summed E-state index contributed by atoms with van der Waals surface area (Å²) in [6.07, 6.45) is 4.01. The molecule has 0 fully saturated rings. The minimum atomic E-state index is 0.435. The van der Waals surface area contributed by atoms with E-state index in [9.17, 15) is 0 Å². The van der Waals surface area contributed by atoms with E-state index in [4.69, 9.17) is 11.6 Å². The van der Waals surface area contributed by atoms with Gasteiger partial charge in [0.2, 0.25) is 0 Å². The standard InChI is InChI=1S/C13H24ClN3/c1-5-7-15-11(4)8-10(3)13-12(14)9-16-17(13)6-2/h9-11,15H,5-8H2,1-4H3. The van der Waals surface area contributed by atoms with Gasteiger partial charge in [-0.1, -0.05) is 25.4 Å². The van der Waals surface area contributed by atoms with Gasteiger partial charge >= 0.3 is 0 Å². The first-order valence-electron chi connectivity index (χ1n) is 6.54. The van der Waals surface area contributed by atoms with E-state index in [0.29, 0.717) is 12.0 Å². The molecule has 1 N–H and O–H groups in total. The average molecular weight is 258 g/mol. The van der Waals surface area contributed by atoms with Crippen molar-refractivity contribution < 1.29 is 0 Å². The van der Waals surface area contributed by atoms with Crippen LogP contribution in [-0.2, 0) is 6.54 Å². The van der Waals surface area contributed by atoms with Crippen LogP contribution in [-0.4, -0.2) is 22.4 Å². The van der Waals surface area contributed by atoms with Crippen molar-refractivity contribution >= 4 is 11.6 Å². The Hall–Kier alpha value is -0.540. The van der Waals surface area contributed by atoms with E-state index in [1.807, 2.05) is 4.68 Å². The molecular weight excluding hydrogens is 234 g/mol. The number of hydrogen-bond acceptors (Lipinski definition) is 2. The number of aryl methyl sites for hydroxylation is 1. The van der Waals surface area contributed by atoms with Crippen molar-refractivity contribution in [1.29, 1.82) is 0 Å². The highest BCUT2D eigenvalue weighted by Crippen LogP contribution is 2.27. The molecule has 1 rings (SSSR count). The minimum absolute atomic E-state index is 0.435. The van der Waals surface area contributed by atoms with Gasteiger partial charge in [0, 0.05) is 18.5 Å². The number of rotatable bonds is 7. The predicted octanol–water partition coefficient (Wildman–Crippen LogP) is 3.44. The fourth-order valence-corrected chi connectivity index (χ4v) is 2.56. The summed E-state index contributed by atoms with van der Waals surface area (Å²) in [7, 11) is 0. The molecule has 0 aliphatic heterocycles. The molecule has 0 bridgehead atoms. The van der Waals surface area contributed by atoms with Crippen molar-refractivity contribution in [2.75, 3.05) is 6.54 Å². The van der Waals surface area contributed by atoms with Crippen LogP contribution in [0.25, 0.3) is 0 Å². The third-order valence-corrected chi connectivity index (χ3v) is 3.34. The van der Waals surface area contributed by atoms with Crippen LogP contribution in [0, 0.1) is 0 Å². The monoisotopic (exact) mass is 257 g/mol. The van der Waals surface area contributed by atoms with Crippen molar-refractivity contribution in [3.05, 3.63) is 16.9 Å². The summed E-state index contributed by atoms with van der Waals surface area (Å²) in [4.78, 5) is 0. The summed E-state index contributed by atoms with van der Waals surface area (Å²) in [6, 6.07) is 0.515. The molecule has 2 unspecified atom stereocenters. The highest BCUT2D eigenvalue weighted by molar-refractivity contribution is 6.31. The Balaban J connectivity index is 2.62. The molecular formula is C13H24ClN3. The van der Waals surface area contributed by atoms with Gasteiger partial charge in [0.15, 0.2) is 0 Å². The molecule has 98 valence electrons. The normalized spacial score (nSPS) is 14.9. The lowest BCUT2D eigenvalue weighted by Crippen LogP contribution is -2.28. The van der Waals surface area contributed by atoms with Crippen molar-refractivity contribution in [3.63, 3.8) is 0 Å². The second-order valence-corrected chi connectivity index (χ2v) is 5.09. The van der Waals surface area contributed by atoms with Crippen molar-refractivity contribution in [2.24, 2.45) is 0 Å². The van der Waals surface area contributed by atoms with E-state index in [1.54, 1.807) is 6.20 Å². The Labute approximate surface area is 110 Å². The molecule has 0 aromatic carbocycles. The van der Waals surface area contributed by atoms with Crippen molar-refractivity contribution in [3.8, 4) is 0 Å². The molecule has 1 aromatic rings. The summed E-state index contributed by atoms with van der Waals surface area (Å²) in [5, 5.41) is 8.59. The predicted molar refractivity (Wildman–Crippen MR) is 73.7 cm³/mol. The molecule has 1 heterocycles. The SMILES string of the molecule is CCCNC(C)CC(C)c1c(Cl)cnn1CC. The molecule has 0 aliphatic rings. The van der Waals surface area contributed by atoms with Gasteiger partial charge in [-0.2, -0.15) is 5.10 Å². The fraction of sp³-hybridized carbons (Fsp3) is 0.769. The molecule has 2 atom stereocenters. The largest absolute Gasteiger partial charge is 0.314 e. The van der Waals surface area contributed by atoms with Gasteiger partial charge in [-0.3, -0.25) is 4.68 Å². The third kappa shape index (κ3) is 4.00. The third-order valence-electron chi connectivity index (χ3n) is 3.05. The van der Waals surface area contributed by atoms with Gasteiger partial charge in [-0.05, 0) is 33.2 Å². The van der Waals surface area contributed by atoms with E-state index < -0.39 is 0 Å². The van der Waals surface area contributed by atoms with Gasteiger partial charge in [0.1, 0.15) is 0 Å². The zero-order valence-corrected chi connectivity index (χ0v) is 12.1. The fourth-order valence-electron chi connectivity index (χ4n) is 2.23. The molecule has 0 saturated heterocycles. The van der Waals surface area contributed by atoms with Crippen molar-refractivity contribution in [1.82, 2.24) is 15.1 Å². The Bertz CT molecular complexity index is 335. The maximum atomic E-state index is 6.20. The lowest BCUT2D eigenvalue weighted by Gasteiger charge is -2.19. The van der Waals surface area contributed by atoms with E-state index in [-0.39, 0.29) is 0 Å². The van der Waals surface area contributed by atoms with Crippen LogP contribution in [0.1, 0.15) is 52.1 Å². The summed E-state index contributed by atoms with van der Waals surface area (Å²) < 4.78 is 2.00. The van der Waals surface area contributed by atoms with Crippen LogP contribution in [0.4, 0.5) is 0 Å². The molecule has 17 heavy (non-hydrogen) atoms. The topological polar surface area (TPSA) is 29.9 Å². The van der Waals surface area contributed by atoms with Gasteiger partial charge in [0.25, 0.3) is 0 Å². The minimum Gasteiger partial charge on any atom is -0.314 e. The van der Waals surface area contributed by atoms with Crippen LogP contribution in [0.5, 0.6) is 0 Å². The second kappa shape index (κ2) is 7.02. The number of halogens is 1. The first-order chi connectivity index (χ1) is 8.10. The highest BCUT2D eigenvalue weighted by atomic mass is 35.5. The second-order valence-electron chi connectivity index (χ2n) is 4.69. The molecule has 1 aromatic heterocycles.